The lowest BCUT2D eigenvalue weighted by Crippen LogP contribution is -2.46. The van der Waals surface area contributed by atoms with Crippen LogP contribution in [0.2, 0.25) is 5.02 Å². The second-order valence-electron chi connectivity index (χ2n) is 9.30. The molecule has 35 heavy (non-hydrogen) atoms. The Morgan fingerprint density at radius 3 is 2.43 bits per heavy atom. The second-order valence-corrected chi connectivity index (χ2v) is 9.71. The van der Waals surface area contributed by atoms with Gasteiger partial charge in [0.05, 0.1) is 12.2 Å². The number of nitrogens with zero attached hydrogens (tertiary/aromatic N) is 3. The molecule has 1 aliphatic heterocycles. The average Bonchev–Trinajstić information content (AvgIpc) is 3.65. The molecule has 1 N–H and O–H groups in total. The average molecular weight is 489 g/mol. The molecule has 2 heterocycles. The van der Waals surface area contributed by atoms with E-state index in [1.165, 1.54) is 0 Å². The second kappa shape index (κ2) is 10.5. The van der Waals surface area contributed by atoms with Gasteiger partial charge in [-0.3, -0.25) is 14.3 Å². The molecule has 1 saturated heterocycles. The summed E-state index contributed by atoms with van der Waals surface area (Å²) in [7, 11) is 0. The third-order valence-corrected chi connectivity index (χ3v) is 6.99. The van der Waals surface area contributed by atoms with Crippen LogP contribution < -0.4 is 5.32 Å². The zero-order valence-corrected chi connectivity index (χ0v) is 20.3. The summed E-state index contributed by atoms with van der Waals surface area (Å²) in [5.74, 6) is 0.411. The normalized spacial score (nSPS) is 16.5. The Hall–Kier alpha value is -3.38. The molecule has 180 valence electrons. The van der Waals surface area contributed by atoms with E-state index < -0.39 is 0 Å². The molecular formula is C28H29ClN4O2. The van der Waals surface area contributed by atoms with Gasteiger partial charge in [-0.2, -0.15) is 5.10 Å². The van der Waals surface area contributed by atoms with Crippen LogP contribution in [0.1, 0.15) is 36.8 Å². The number of rotatable bonds is 7. The summed E-state index contributed by atoms with van der Waals surface area (Å²) in [5, 5.41) is 8.59. The predicted molar refractivity (Wildman–Crippen MR) is 138 cm³/mol. The van der Waals surface area contributed by atoms with E-state index in [1.54, 1.807) is 6.08 Å². The van der Waals surface area contributed by atoms with E-state index >= 15 is 0 Å². The Kier molecular flexibility index (Phi) is 7.00. The molecule has 2 amide bonds. The van der Waals surface area contributed by atoms with Crippen molar-refractivity contribution in [3.8, 4) is 11.3 Å². The number of likely N-dealkylation sites (tertiary alicyclic amines) is 1. The maximum Gasteiger partial charge on any atom is 0.244 e. The minimum Gasteiger partial charge on any atom is -0.350 e. The van der Waals surface area contributed by atoms with Crippen molar-refractivity contribution in [3.63, 3.8) is 0 Å². The first-order valence-corrected chi connectivity index (χ1v) is 12.6. The molecule has 5 rings (SSSR count). The standard InChI is InChI=1S/C28H29ClN4O2/c29-25-9-5-4-8-22(25)18-33-19-23(27(31-33)20-6-2-1-3-7-20)12-13-26(34)30-24-14-16-32(17-15-24)28(35)21-10-11-21/h1-9,12-13,19,21,24H,10-11,14-18H2,(H,30,34)/b13-12+. The largest absolute Gasteiger partial charge is 0.350 e. The van der Waals surface area contributed by atoms with Gasteiger partial charge in [-0.05, 0) is 43.4 Å². The van der Waals surface area contributed by atoms with Gasteiger partial charge in [-0.25, -0.2) is 0 Å². The third kappa shape index (κ3) is 5.82. The molecule has 1 aromatic heterocycles. The Bertz CT molecular complexity index is 1220. The molecule has 2 aromatic carbocycles. The number of halogens is 1. The fourth-order valence-corrected chi connectivity index (χ4v) is 4.70. The molecule has 2 fully saturated rings. The van der Waals surface area contributed by atoms with Crippen LogP contribution in [0.4, 0.5) is 0 Å². The summed E-state index contributed by atoms with van der Waals surface area (Å²) in [6, 6.07) is 17.8. The van der Waals surface area contributed by atoms with Crippen LogP contribution in [0, 0.1) is 5.92 Å². The van der Waals surface area contributed by atoms with Gasteiger partial charge in [0.15, 0.2) is 0 Å². The summed E-state index contributed by atoms with van der Waals surface area (Å²) in [4.78, 5) is 26.9. The summed E-state index contributed by atoms with van der Waals surface area (Å²) in [5.41, 5.74) is 3.64. The molecule has 0 bridgehead atoms. The van der Waals surface area contributed by atoms with Crippen molar-refractivity contribution in [2.45, 2.75) is 38.3 Å². The van der Waals surface area contributed by atoms with Crippen molar-refractivity contribution in [1.82, 2.24) is 20.0 Å². The number of hydrogen-bond donors (Lipinski definition) is 1. The first kappa shape index (κ1) is 23.4. The quantitative estimate of drug-likeness (QED) is 0.486. The summed E-state index contributed by atoms with van der Waals surface area (Å²) < 4.78 is 1.85. The van der Waals surface area contributed by atoms with Gasteiger partial charge in [0.25, 0.3) is 0 Å². The minimum absolute atomic E-state index is 0.0898. The molecule has 7 heteroatoms. The van der Waals surface area contributed by atoms with Crippen molar-refractivity contribution in [2.75, 3.05) is 13.1 Å². The van der Waals surface area contributed by atoms with Crippen LogP contribution in [0.3, 0.4) is 0 Å². The van der Waals surface area contributed by atoms with Crippen molar-refractivity contribution >= 4 is 29.5 Å². The lowest BCUT2D eigenvalue weighted by Gasteiger charge is -2.32. The number of benzene rings is 2. The molecule has 0 radical (unpaired) electrons. The first-order valence-electron chi connectivity index (χ1n) is 12.2. The lowest BCUT2D eigenvalue weighted by atomic mass is 10.0. The number of carbonyl (C=O) groups excluding carboxylic acids is 2. The smallest absolute Gasteiger partial charge is 0.244 e. The Morgan fingerprint density at radius 1 is 1.00 bits per heavy atom. The zero-order chi connectivity index (χ0) is 24.2. The summed E-state index contributed by atoms with van der Waals surface area (Å²) >= 11 is 6.35. The van der Waals surface area contributed by atoms with Gasteiger partial charge in [-0.1, -0.05) is 60.1 Å². The van der Waals surface area contributed by atoms with E-state index in [0.717, 1.165) is 61.2 Å². The third-order valence-electron chi connectivity index (χ3n) is 6.62. The Balaban J connectivity index is 1.26. The lowest BCUT2D eigenvalue weighted by molar-refractivity contribution is -0.133. The molecule has 2 aliphatic rings. The Morgan fingerprint density at radius 2 is 1.71 bits per heavy atom. The van der Waals surface area contributed by atoms with E-state index in [4.69, 9.17) is 16.7 Å². The van der Waals surface area contributed by atoms with Crippen molar-refractivity contribution < 1.29 is 9.59 Å². The number of amides is 2. The summed E-state index contributed by atoms with van der Waals surface area (Å²) in [6.07, 6.45) is 8.98. The number of nitrogens with one attached hydrogen (secondary N) is 1. The van der Waals surface area contributed by atoms with Gasteiger partial charge in [0, 0.05) is 53.5 Å². The van der Waals surface area contributed by atoms with E-state index in [1.807, 2.05) is 76.5 Å². The maximum atomic E-state index is 12.7. The van der Waals surface area contributed by atoms with Gasteiger partial charge < -0.3 is 10.2 Å². The molecule has 3 aromatic rings. The molecule has 0 atom stereocenters. The topological polar surface area (TPSA) is 67.2 Å². The van der Waals surface area contributed by atoms with Gasteiger partial charge in [-0.15, -0.1) is 0 Å². The predicted octanol–water partition coefficient (Wildman–Crippen LogP) is 4.78. The maximum absolute atomic E-state index is 12.7. The number of hydrogen-bond acceptors (Lipinski definition) is 3. The SMILES string of the molecule is O=C(/C=C/c1cn(Cc2ccccc2Cl)nc1-c1ccccc1)NC1CCN(C(=O)C2CC2)CC1. The zero-order valence-electron chi connectivity index (χ0n) is 19.6. The van der Waals surface area contributed by atoms with E-state index in [-0.39, 0.29) is 23.8 Å². The van der Waals surface area contributed by atoms with Gasteiger partial charge in [0.1, 0.15) is 0 Å². The molecule has 1 saturated carbocycles. The molecule has 0 unspecified atom stereocenters. The highest BCUT2D eigenvalue weighted by Gasteiger charge is 2.35. The minimum atomic E-state index is -0.130. The number of carbonyl (C=O) groups is 2. The highest BCUT2D eigenvalue weighted by atomic mass is 35.5. The van der Waals surface area contributed by atoms with Crippen LogP contribution in [-0.4, -0.2) is 45.6 Å². The number of piperidine rings is 1. The monoisotopic (exact) mass is 488 g/mol. The van der Waals surface area contributed by atoms with Crippen LogP contribution in [0.5, 0.6) is 0 Å². The molecule has 6 nitrogen and oxygen atoms in total. The van der Waals surface area contributed by atoms with Crippen LogP contribution >= 0.6 is 11.6 Å². The number of aromatic nitrogens is 2. The van der Waals surface area contributed by atoms with Crippen LogP contribution in [-0.2, 0) is 16.1 Å². The fraction of sp³-hybridized carbons (Fsp3) is 0.321. The van der Waals surface area contributed by atoms with Crippen LogP contribution in [0.15, 0.2) is 66.9 Å². The Labute approximate surface area is 210 Å². The molecule has 0 spiro atoms. The van der Waals surface area contributed by atoms with E-state index in [9.17, 15) is 9.59 Å². The van der Waals surface area contributed by atoms with E-state index in [0.29, 0.717) is 11.6 Å². The van der Waals surface area contributed by atoms with Crippen molar-refractivity contribution in [1.29, 1.82) is 0 Å². The fourth-order valence-electron chi connectivity index (χ4n) is 4.51. The van der Waals surface area contributed by atoms with Crippen molar-refractivity contribution in [3.05, 3.63) is 83.0 Å². The van der Waals surface area contributed by atoms with Crippen molar-refractivity contribution in [2.24, 2.45) is 5.92 Å². The van der Waals surface area contributed by atoms with Crippen LogP contribution in [0.25, 0.3) is 17.3 Å². The first-order chi connectivity index (χ1) is 17.1. The highest BCUT2D eigenvalue weighted by molar-refractivity contribution is 6.31. The van der Waals surface area contributed by atoms with Gasteiger partial charge in [0.2, 0.25) is 11.8 Å². The highest BCUT2D eigenvalue weighted by Crippen LogP contribution is 2.32. The van der Waals surface area contributed by atoms with E-state index in [2.05, 4.69) is 5.32 Å². The molecular weight excluding hydrogens is 460 g/mol. The van der Waals surface area contributed by atoms with Gasteiger partial charge >= 0.3 is 0 Å². The summed E-state index contributed by atoms with van der Waals surface area (Å²) in [6.45, 7) is 1.98. The molecule has 1 aliphatic carbocycles.